The molecule has 0 radical (unpaired) electrons. The van der Waals surface area contributed by atoms with Crippen LogP contribution in [0.25, 0.3) is 10.9 Å². The highest BCUT2D eigenvalue weighted by atomic mass is 127. The van der Waals surface area contributed by atoms with Crippen LogP contribution in [0.5, 0.6) is 0 Å². The zero-order valence-electron chi connectivity index (χ0n) is 13.2. The summed E-state index contributed by atoms with van der Waals surface area (Å²) < 4.78 is 36.6. The number of aliphatic imine (C=N–C) groups is 1. The van der Waals surface area contributed by atoms with Gasteiger partial charge in [0.25, 0.3) is 0 Å². The van der Waals surface area contributed by atoms with E-state index in [1.165, 1.54) is 0 Å². The second-order valence-corrected chi connectivity index (χ2v) is 4.98. The SMILES string of the molecule is CCNC(=NCc1cccc2cccnc12)NCCC(F)(F)F.I. The lowest BCUT2D eigenvalue weighted by Crippen LogP contribution is -2.38. The van der Waals surface area contributed by atoms with E-state index in [9.17, 15) is 13.2 Å². The Bertz CT molecular complexity index is 668. The molecule has 0 saturated heterocycles. The zero-order chi connectivity index (χ0) is 16.7. The van der Waals surface area contributed by atoms with E-state index in [1.807, 2.05) is 37.3 Å². The molecule has 0 aliphatic rings. The van der Waals surface area contributed by atoms with Gasteiger partial charge in [0.2, 0.25) is 0 Å². The van der Waals surface area contributed by atoms with Crippen molar-refractivity contribution in [2.45, 2.75) is 26.1 Å². The average Bonchev–Trinajstić information content (AvgIpc) is 2.51. The molecule has 0 aliphatic carbocycles. The lowest BCUT2D eigenvalue weighted by atomic mass is 10.1. The maximum absolute atomic E-state index is 12.2. The first kappa shape index (κ1) is 20.5. The molecule has 1 heterocycles. The number of nitrogens with one attached hydrogen (secondary N) is 2. The molecule has 0 spiro atoms. The van der Waals surface area contributed by atoms with Crippen LogP contribution < -0.4 is 10.6 Å². The molecule has 1 aromatic heterocycles. The molecular formula is C16H20F3IN4. The van der Waals surface area contributed by atoms with Crippen LogP contribution in [0, 0.1) is 0 Å². The van der Waals surface area contributed by atoms with Crippen molar-refractivity contribution in [3.63, 3.8) is 0 Å². The summed E-state index contributed by atoms with van der Waals surface area (Å²) in [6.45, 7) is 2.57. The van der Waals surface area contributed by atoms with E-state index in [0.717, 1.165) is 16.5 Å². The number of alkyl halides is 3. The second kappa shape index (κ2) is 9.65. The number of nitrogens with zero attached hydrogens (tertiary/aromatic N) is 2. The first-order valence-electron chi connectivity index (χ1n) is 7.41. The van der Waals surface area contributed by atoms with Gasteiger partial charge in [-0.25, -0.2) is 4.99 Å². The Morgan fingerprint density at radius 3 is 2.62 bits per heavy atom. The van der Waals surface area contributed by atoms with E-state index in [0.29, 0.717) is 19.0 Å². The minimum absolute atomic E-state index is 0. The van der Waals surface area contributed by atoms with Gasteiger partial charge < -0.3 is 10.6 Å². The number of aromatic nitrogens is 1. The summed E-state index contributed by atoms with van der Waals surface area (Å²) in [5, 5.41) is 6.64. The minimum Gasteiger partial charge on any atom is -0.357 e. The van der Waals surface area contributed by atoms with Crippen molar-refractivity contribution in [3.8, 4) is 0 Å². The van der Waals surface area contributed by atoms with Crippen LogP contribution in [0.3, 0.4) is 0 Å². The smallest absolute Gasteiger partial charge is 0.357 e. The van der Waals surface area contributed by atoms with Crippen molar-refractivity contribution in [3.05, 3.63) is 42.1 Å². The van der Waals surface area contributed by atoms with Crippen LogP contribution >= 0.6 is 24.0 Å². The number of para-hydroxylation sites is 1. The fourth-order valence-electron chi connectivity index (χ4n) is 2.12. The maximum Gasteiger partial charge on any atom is 0.390 e. The van der Waals surface area contributed by atoms with Crippen LogP contribution in [0.15, 0.2) is 41.5 Å². The highest BCUT2D eigenvalue weighted by molar-refractivity contribution is 14.0. The number of rotatable bonds is 5. The second-order valence-electron chi connectivity index (χ2n) is 4.98. The van der Waals surface area contributed by atoms with Crippen LogP contribution in [0.2, 0.25) is 0 Å². The third-order valence-corrected chi connectivity index (χ3v) is 3.17. The Kier molecular flexibility index (Phi) is 8.23. The molecule has 2 rings (SSSR count). The molecule has 8 heteroatoms. The van der Waals surface area contributed by atoms with E-state index in [4.69, 9.17) is 0 Å². The van der Waals surface area contributed by atoms with Gasteiger partial charge in [0.15, 0.2) is 5.96 Å². The van der Waals surface area contributed by atoms with E-state index < -0.39 is 12.6 Å². The first-order chi connectivity index (χ1) is 11.0. The van der Waals surface area contributed by atoms with Crippen molar-refractivity contribution in [1.29, 1.82) is 0 Å². The predicted octanol–water partition coefficient (Wildman–Crippen LogP) is 3.86. The molecule has 1 aromatic carbocycles. The topological polar surface area (TPSA) is 49.3 Å². The number of guanidine groups is 1. The maximum atomic E-state index is 12.2. The highest BCUT2D eigenvalue weighted by Gasteiger charge is 2.26. The van der Waals surface area contributed by atoms with Crippen molar-refractivity contribution in [2.24, 2.45) is 4.99 Å². The highest BCUT2D eigenvalue weighted by Crippen LogP contribution is 2.18. The molecule has 132 valence electrons. The molecule has 0 unspecified atom stereocenters. The molecular weight excluding hydrogens is 432 g/mol. The monoisotopic (exact) mass is 452 g/mol. The Labute approximate surface area is 156 Å². The molecule has 0 fully saturated rings. The summed E-state index contributed by atoms with van der Waals surface area (Å²) >= 11 is 0. The summed E-state index contributed by atoms with van der Waals surface area (Å²) in [7, 11) is 0. The Hall–Kier alpha value is -1.58. The van der Waals surface area contributed by atoms with Gasteiger partial charge in [-0.2, -0.15) is 13.2 Å². The number of hydrogen-bond acceptors (Lipinski definition) is 2. The van der Waals surface area contributed by atoms with Crippen LogP contribution in [-0.4, -0.2) is 30.2 Å². The third-order valence-electron chi connectivity index (χ3n) is 3.17. The number of benzene rings is 1. The van der Waals surface area contributed by atoms with Gasteiger partial charge in [-0.1, -0.05) is 24.3 Å². The zero-order valence-corrected chi connectivity index (χ0v) is 15.6. The number of hydrogen-bond donors (Lipinski definition) is 2. The number of pyridine rings is 1. The Balaban J connectivity index is 0.00000288. The lowest BCUT2D eigenvalue weighted by Gasteiger charge is -2.12. The minimum atomic E-state index is -4.18. The van der Waals surface area contributed by atoms with E-state index in [2.05, 4.69) is 20.6 Å². The molecule has 24 heavy (non-hydrogen) atoms. The average molecular weight is 452 g/mol. The molecule has 0 amide bonds. The Morgan fingerprint density at radius 2 is 1.92 bits per heavy atom. The number of fused-ring (bicyclic) bond motifs is 1. The van der Waals surface area contributed by atoms with Gasteiger partial charge in [-0.3, -0.25) is 4.98 Å². The van der Waals surface area contributed by atoms with Crippen molar-refractivity contribution in [1.82, 2.24) is 15.6 Å². The summed E-state index contributed by atoms with van der Waals surface area (Å²) in [5.41, 5.74) is 1.78. The van der Waals surface area contributed by atoms with Gasteiger partial charge in [0.1, 0.15) is 0 Å². The van der Waals surface area contributed by atoms with E-state index in [1.54, 1.807) is 6.20 Å². The summed E-state index contributed by atoms with van der Waals surface area (Å²) in [6, 6.07) is 9.61. The van der Waals surface area contributed by atoms with Gasteiger partial charge >= 0.3 is 6.18 Å². The van der Waals surface area contributed by atoms with E-state index >= 15 is 0 Å². The molecule has 0 atom stereocenters. The standard InChI is InChI=1S/C16H19F3N4.HI/c1-2-20-15(22-10-8-16(17,18)19)23-11-13-6-3-5-12-7-4-9-21-14(12)13;/h3-7,9H,2,8,10-11H2,1H3,(H2,20,22,23);1H. The Morgan fingerprint density at radius 1 is 1.17 bits per heavy atom. The van der Waals surface area contributed by atoms with Gasteiger partial charge in [0, 0.05) is 24.7 Å². The molecule has 2 aromatic rings. The fraction of sp³-hybridized carbons (Fsp3) is 0.375. The number of halogens is 4. The van der Waals surface area contributed by atoms with E-state index in [-0.39, 0.29) is 30.5 Å². The van der Waals surface area contributed by atoms with Crippen LogP contribution in [0.4, 0.5) is 13.2 Å². The lowest BCUT2D eigenvalue weighted by molar-refractivity contribution is -0.132. The summed E-state index contributed by atoms with van der Waals surface area (Å²) in [5.74, 6) is 0.365. The molecule has 0 bridgehead atoms. The van der Waals surface area contributed by atoms with Crippen LogP contribution in [0.1, 0.15) is 18.9 Å². The normalized spacial score (nSPS) is 11.9. The predicted molar refractivity (Wildman–Crippen MR) is 101 cm³/mol. The largest absolute Gasteiger partial charge is 0.390 e. The molecule has 0 aliphatic heterocycles. The van der Waals surface area contributed by atoms with Crippen molar-refractivity contribution < 1.29 is 13.2 Å². The fourth-order valence-corrected chi connectivity index (χ4v) is 2.12. The molecule has 2 N–H and O–H groups in total. The van der Waals surface area contributed by atoms with Gasteiger partial charge in [0.05, 0.1) is 18.5 Å². The molecule has 4 nitrogen and oxygen atoms in total. The third kappa shape index (κ3) is 6.50. The van der Waals surface area contributed by atoms with Gasteiger partial charge in [-0.15, -0.1) is 24.0 Å². The van der Waals surface area contributed by atoms with Gasteiger partial charge in [-0.05, 0) is 18.6 Å². The first-order valence-corrected chi connectivity index (χ1v) is 7.41. The molecule has 0 saturated carbocycles. The van der Waals surface area contributed by atoms with Crippen molar-refractivity contribution >= 4 is 40.8 Å². The summed E-state index contributed by atoms with van der Waals surface area (Å²) in [4.78, 5) is 8.68. The van der Waals surface area contributed by atoms with Crippen LogP contribution in [-0.2, 0) is 6.54 Å². The van der Waals surface area contributed by atoms with Crippen molar-refractivity contribution in [2.75, 3.05) is 13.1 Å². The summed E-state index contributed by atoms with van der Waals surface area (Å²) in [6.07, 6.45) is -3.36. The quantitative estimate of drug-likeness (QED) is 0.412.